The van der Waals surface area contributed by atoms with Crippen molar-refractivity contribution in [1.29, 1.82) is 0 Å². The van der Waals surface area contributed by atoms with E-state index < -0.39 is 14.0 Å². The van der Waals surface area contributed by atoms with E-state index >= 15 is 0 Å². The van der Waals surface area contributed by atoms with Gasteiger partial charge in [-0.15, -0.1) is 0 Å². The van der Waals surface area contributed by atoms with Gasteiger partial charge >= 0.3 is 5.97 Å². The average molecular weight is 477 g/mol. The summed E-state index contributed by atoms with van der Waals surface area (Å²) in [5, 5.41) is 8.74. The van der Waals surface area contributed by atoms with Gasteiger partial charge in [0.05, 0.1) is 12.2 Å². The molecule has 0 spiro atoms. The number of carboxylic acids is 1. The first-order valence-electron chi connectivity index (χ1n) is 12.4. The first-order chi connectivity index (χ1) is 16.3. The minimum atomic E-state index is -0.977. The lowest BCUT2D eigenvalue weighted by molar-refractivity contribution is 0.0697. The molecule has 0 atom stereocenters. The molecule has 0 heterocycles. The molecule has 0 fully saturated rings. The number of rotatable bonds is 11. The molecule has 0 saturated heterocycles. The summed E-state index contributed by atoms with van der Waals surface area (Å²) >= 11 is 0. The fourth-order valence-corrected chi connectivity index (χ4v) is 4.76. The fraction of sp³-hybridized carbons (Fsp3) is 0.367. The fourth-order valence-electron chi connectivity index (χ4n) is 3.56. The molecular weight excluding hydrogens is 436 g/mol. The van der Waals surface area contributed by atoms with E-state index in [9.17, 15) is 4.79 Å². The second-order valence-electron chi connectivity index (χ2n) is 9.86. The van der Waals surface area contributed by atoms with Crippen LogP contribution in [-0.4, -0.2) is 25.8 Å². The van der Waals surface area contributed by atoms with Crippen molar-refractivity contribution >= 4 is 14.0 Å². The molecule has 0 aliphatic rings. The van der Waals surface area contributed by atoms with E-state index in [0.717, 1.165) is 12.2 Å². The van der Waals surface area contributed by atoms with Crippen molar-refractivity contribution in [3.8, 4) is 16.9 Å². The highest BCUT2D eigenvalue weighted by Gasteiger charge is 2.11. The highest BCUT2D eigenvalue weighted by molar-refractivity contribution is 6.76. The van der Waals surface area contributed by atoms with Gasteiger partial charge in [0.15, 0.2) is 0 Å². The summed E-state index contributed by atoms with van der Waals surface area (Å²) in [4.78, 5) is 10.6. The zero-order chi connectivity index (χ0) is 24.8. The topological polar surface area (TPSA) is 46.5 Å². The number of unbranched alkanes of at least 4 members (excludes halogenated alkanes) is 2. The monoisotopic (exact) mass is 476 g/mol. The van der Waals surface area contributed by atoms with Gasteiger partial charge in [-0.1, -0.05) is 100 Å². The van der Waals surface area contributed by atoms with Crippen LogP contribution in [0.2, 0.25) is 25.7 Å². The average Bonchev–Trinajstić information content (AvgIpc) is 2.83. The van der Waals surface area contributed by atoms with Crippen molar-refractivity contribution in [1.82, 2.24) is 0 Å². The second kappa shape index (κ2) is 14.4. The van der Waals surface area contributed by atoms with Crippen LogP contribution in [0.15, 0.2) is 78.9 Å². The summed E-state index contributed by atoms with van der Waals surface area (Å²) in [6, 6.07) is 27.3. The van der Waals surface area contributed by atoms with Crippen LogP contribution in [0.4, 0.5) is 0 Å². The molecule has 3 rings (SSSR count). The van der Waals surface area contributed by atoms with E-state index in [1.807, 2.05) is 0 Å². The predicted molar refractivity (Wildman–Crippen MR) is 147 cm³/mol. The molecule has 0 radical (unpaired) electrons. The van der Waals surface area contributed by atoms with Gasteiger partial charge in [-0.3, -0.25) is 0 Å². The Kier molecular flexibility index (Phi) is 11.6. The number of benzene rings is 3. The van der Waals surface area contributed by atoms with Crippen LogP contribution in [0.25, 0.3) is 11.1 Å². The number of aryl methyl sites for hydroxylation is 1. The van der Waals surface area contributed by atoms with E-state index in [0.29, 0.717) is 12.2 Å². The van der Waals surface area contributed by atoms with Crippen molar-refractivity contribution in [2.75, 3.05) is 6.61 Å². The molecule has 3 aromatic carbocycles. The number of carboxylic acid groups (broad SMARTS) is 1. The molecule has 0 unspecified atom stereocenters. The Morgan fingerprint density at radius 3 is 1.97 bits per heavy atom. The molecule has 4 heteroatoms. The van der Waals surface area contributed by atoms with E-state index in [2.05, 4.69) is 81.2 Å². The minimum absolute atomic E-state index is 0.291. The Hall–Kier alpha value is -2.85. The number of aromatic carboxylic acids is 1. The normalized spacial score (nSPS) is 10.8. The molecule has 1 N–H and O–H groups in total. The number of carbonyl (C=O) groups is 1. The lowest BCUT2D eigenvalue weighted by atomic mass is 10.0. The molecule has 182 valence electrons. The highest BCUT2D eigenvalue weighted by atomic mass is 28.3. The first-order valence-corrected chi connectivity index (χ1v) is 16.1. The maximum absolute atomic E-state index is 10.6. The van der Waals surface area contributed by atoms with Gasteiger partial charge in [0.2, 0.25) is 0 Å². The Labute approximate surface area is 206 Å². The van der Waals surface area contributed by atoms with E-state index in [-0.39, 0.29) is 0 Å². The van der Waals surface area contributed by atoms with Crippen LogP contribution in [0, 0.1) is 0 Å². The third-order valence-corrected chi connectivity index (χ3v) is 7.42. The highest BCUT2D eigenvalue weighted by Crippen LogP contribution is 2.20. The lowest BCUT2D eigenvalue weighted by Gasteiger charge is -2.15. The van der Waals surface area contributed by atoms with Gasteiger partial charge in [0, 0.05) is 8.07 Å². The molecule has 34 heavy (non-hydrogen) atoms. The first kappa shape index (κ1) is 27.4. The second-order valence-corrected chi connectivity index (χ2v) is 15.5. The van der Waals surface area contributed by atoms with Crippen LogP contribution in [0.1, 0.15) is 48.5 Å². The maximum atomic E-state index is 10.6. The molecule has 0 aliphatic heterocycles. The molecule has 0 amide bonds. The Morgan fingerprint density at radius 1 is 0.794 bits per heavy atom. The number of hydrogen-bond acceptors (Lipinski definition) is 2. The van der Waals surface area contributed by atoms with E-state index in [4.69, 9.17) is 9.84 Å². The van der Waals surface area contributed by atoms with Crippen molar-refractivity contribution in [2.24, 2.45) is 0 Å². The molecule has 0 bridgehead atoms. The molecule has 3 nitrogen and oxygen atoms in total. The summed E-state index contributed by atoms with van der Waals surface area (Å²) in [7, 11) is -0.977. The third-order valence-electron chi connectivity index (χ3n) is 5.57. The van der Waals surface area contributed by atoms with Gasteiger partial charge in [-0.2, -0.15) is 0 Å². The smallest absolute Gasteiger partial charge is 0.335 e. The van der Waals surface area contributed by atoms with Gasteiger partial charge in [-0.25, -0.2) is 4.79 Å². The summed E-state index contributed by atoms with van der Waals surface area (Å²) in [6.45, 7) is 9.98. The largest absolute Gasteiger partial charge is 0.494 e. The van der Waals surface area contributed by atoms with Crippen LogP contribution in [0.5, 0.6) is 5.75 Å². The maximum Gasteiger partial charge on any atom is 0.335 e. The van der Waals surface area contributed by atoms with Crippen molar-refractivity contribution < 1.29 is 14.6 Å². The summed E-state index contributed by atoms with van der Waals surface area (Å²) in [6.07, 6.45) is 6.21. The van der Waals surface area contributed by atoms with Gasteiger partial charge in [0.1, 0.15) is 5.75 Å². The lowest BCUT2D eigenvalue weighted by Crippen LogP contribution is -2.19. The number of ether oxygens (including phenoxy) is 1. The van der Waals surface area contributed by atoms with E-state index in [1.54, 1.807) is 24.3 Å². The van der Waals surface area contributed by atoms with Crippen LogP contribution < -0.4 is 4.74 Å². The van der Waals surface area contributed by atoms with Gasteiger partial charge < -0.3 is 9.84 Å². The third kappa shape index (κ3) is 10.8. The minimum Gasteiger partial charge on any atom is -0.494 e. The number of hydrogen-bond donors (Lipinski definition) is 1. The van der Waals surface area contributed by atoms with Gasteiger partial charge in [0.25, 0.3) is 0 Å². The Balaban J connectivity index is 0.000000240. The van der Waals surface area contributed by atoms with Crippen molar-refractivity contribution in [2.45, 2.75) is 64.7 Å². The van der Waals surface area contributed by atoms with E-state index in [1.165, 1.54) is 48.4 Å². The Morgan fingerprint density at radius 2 is 1.41 bits per heavy atom. The summed E-state index contributed by atoms with van der Waals surface area (Å²) in [5.41, 5.74) is 4.36. The SMILES string of the molecule is CCCCCc1ccc(-c2ccccc2)cc1.C[Si](C)(C)CCCOc1ccc(C(=O)O)cc1. The predicted octanol–water partition coefficient (Wildman–Crippen LogP) is 8.58. The molecular formula is C30H40O3Si. The van der Waals surface area contributed by atoms with Crippen LogP contribution >= 0.6 is 0 Å². The molecule has 0 aromatic heterocycles. The van der Waals surface area contributed by atoms with Crippen LogP contribution in [0.3, 0.4) is 0 Å². The summed E-state index contributed by atoms with van der Waals surface area (Å²) < 4.78 is 5.57. The molecule has 3 aromatic rings. The van der Waals surface area contributed by atoms with Crippen molar-refractivity contribution in [3.63, 3.8) is 0 Å². The van der Waals surface area contributed by atoms with Gasteiger partial charge in [-0.05, 0) is 60.2 Å². The zero-order valence-electron chi connectivity index (χ0n) is 21.2. The molecule has 0 aliphatic carbocycles. The standard InChI is InChI=1S/C17H20.C13H20O3Si/c1-2-3-5-8-15-11-13-17(14-12-15)16-9-6-4-7-10-16;1-17(2,3)10-4-9-16-12-7-5-11(6-8-12)13(14)15/h4,6-7,9-14H,2-3,5,8H2,1H3;5-8H,4,9-10H2,1-3H3,(H,14,15). The summed E-state index contributed by atoms with van der Waals surface area (Å²) in [5.74, 6) is -0.166. The quantitative estimate of drug-likeness (QED) is 0.223. The zero-order valence-corrected chi connectivity index (χ0v) is 22.2. The Bertz CT molecular complexity index is 959. The molecule has 0 saturated carbocycles. The van der Waals surface area contributed by atoms with Crippen LogP contribution in [-0.2, 0) is 6.42 Å². The van der Waals surface area contributed by atoms with Crippen molar-refractivity contribution in [3.05, 3.63) is 90.0 Å².